The topological polar surface area (TPSA) is 59.2 Å². The number of nitrogens with zero attached hydrogens (tertiary/aromatic N) is 3. The molecule has 20 heavy (non-hydrogen) atoms. The van der Waals surface area contributed by atoms with Gasteiger partial charge in [-0.3, -0.25) is 4.79 Å². The highest BCUT2D eigenvalue weighted by atomic mass is 16.4. The van der Waals surface area contributed by atoms with Crippen molar-refractivity contribution in [1.82, 2.24) is 15.1 Å². The third-order valence-electron chi connectivity index (χ3n) is 3.65. The minimum absolute atomic E-state index is 0.0893. The molecule has 0 spiro atoms. The zero-order valence-electron chi connectivity index (χ0n) is 11.6. The number of hydrogen-bond donors (Lipinski definition) is 0. The maximum absolute atomic E-state index is 12.3. The smallest absolute Gasteiger partial charge is 0.235 e. The first-order chi connectivity index (χ1) is 9.65. The van der Waals surface area contributed by atoms with Crippen molar-refractivity contribution in [3.63, 3.8) is 0 Å². The van der Waals surface area contributed by atoms with Crippen LogP contribution in [0.25, 0.3) is 0 Å². The summed E-state index contributed by atoms with van der Waals surface area (Å²) in [5.41, 5.74) is 1.24. The minimum atomic E-state index is 0.0893. The van der Waals surface area contributed by atoms with Gasteiger partial charge in [-0.15, -0.1) is 10.2 Å². The molecule has 1 aromatic carbocycles. The van der Waals surface area contributed by atoms with Gasteiger partial charge in [0.1, 0.15) is 0 Å². The second kappa shape index (κ2) is 5.07. The molecule has 1 aliphatic rings. The predicted octanol–water partition coefficient (Wildman–Crippen LogP) is 2.14. The van der Waals surface area contributed by atoms with Crippen LogP contribution in [0.5, 0.6) is 0 Å². The summed E-state index contributed by atoms with van der Waals surface area (Å²) in [6.45, 7) is 2.11. The fourth-order valence-corrected chi connectivity index (χ4v) is 2.50. The van der Waals surface area contributed by atoms with E-state index in [-0.39, 0.29) is 11.8 Å². The first-order valence-electron chi connectivity index (χ1n) is 6.74. The van der Waals surface area contributed by atoms with Crippen molar-refractivity contribution >= 4 is 5.91 Å². The zero-order chi connectivity index (χ0) is 14.1. The summed E-state index contributed by atoms with van der Waals surface area (Å²) in [7, 11) is 1.78. The molecular weight excluding hydrogens is 254 g/mol. The largest absolute Gasteiger partial charge is 0.424 e. The third kappa shape index (κ3) is 2.57. The summed E-state index contributed by atoms with van der Waals surface area (Å²) in [4.78, 5) is 14.0. The highest BCUT2D eigenvalue weighted by Crippen LogP contribution is 2.48. The molecule has 1 amide bonds. The molecule has 0 aliphatic heterocycles. The number of amides is 1. The maximum Gasteiger partial charge on any atom is 0.235 e. The molecule has 0 saturated heterocycles. The van der Waals surface area contributed by atoms with Crippen molar-refractivity contribution in [2.75, 3.05) is 7.05 Å². The Bertz CT molecular complexity index is 609. The molecule has 2 atom stereocenters. The number of aryl methyl sites for hydroxylation is 1. The van der Waals surface area contributed by atoms with Gasteiger partial charge in [0.15, 0.2) is 0 Å². The molecule has 5 nitrogen and oxygen atoms in total. The van der Waals surface area contributed by atoms with E-state index in [9.17, 15) is 4.79 Å². The van der Waals surface area contributed by atoms with Gasteiger partial charge in [0.2, 0.25) is 17.7 Å². The second-order valence-electron chi connectivity index (χ2n) is 5.27. The number of carbonyl (C=O) groups excluding carboxylic acids is 1. The van der Waals surface area contributed by atoms with Crippen LogP contribution in [0, 0.1) is 12.8 Å². The number of benzene rings is 1. The highest BCUT2D eigenvalue weighted by Gasteiger charge is 2.45. The van der Waals surface area contributed by atoms with Crippen LogP contribution in [-0.4, -0.2) is 28.1 Å². The Morgan fingerprint density at radius 1 is 1.35 bits per heavy atom. The van der Waals surface area contributed by atoms with E-state index in [1.807, 2.05) is 18.2 Å². The number of rotatable bonds is 4. The number of hydrogen-bond acceptors (Lipinski definition) is 4. The molecule has 0 radical (unpaired) electrons. The van der Waals surface area contributed by atoms with Crippen LogP contribution in [0.15, 0.2) is 34.7 Å². The summed E-state index contributed by atoms with van der Waals surface area (Å²) < 4.78 is 5.30. The lowest BCUT2D eigenvalue weighted by atomic mass is 10.1. The molecule has 2 aromatic rings. The number of carbonyl (C=O) groups is 1. The van der Waals surface area contributed by atoms with Gasteiger partial charge in [0.25, 0.3) is 0 Å². The lowest BCUT2D eigenvalue weighted by Crippen LogP contribution is -2.28. The Morgan fingerprint density at radius 2 is 2.10 bits per heavy atom. The number of aromatic nitrogens is 2. The van der Waals surface area contributed by atoms with E-state index >= 15 is 0 Å². The van der Waals surface area contributed by atoms with Crippen LogP contribution < -0.4 is 0 Å². The minimum Gasteiger partial charge on any atom is -0.424 e. The van der Waals surface area contributed by atoms with Gasteiger partial charge in [0.05, 0.1) is 6.54 Å². The maximum atomic E-state index is 12.3. The molecule has 5 heteroatoms. The van der Waals surface area contributed by atoms with E-state index in [0.717, 1.165) is 6.42 Å². The summed E-state index contributed by atoms with van der Waals surface area (Å²) in [5.74, 6) is 1.60. The van der Waals surface area contributed by atoms with Crippen LogP contribution in [0.1, 0.15) is 29.7 Å². The van der Waals surface area contributed by atoms with E-state index in [0.29, 0.717) is 24.2 Å². The zero-order valence-corrected chi connectivity index (χ0v) is 11.6. The van der Waals surface area contributed by atoms with Gasteiger partial charge in [-0.25, -0.2) is 0 Å². The van der Waals surface area contributed by atoms with Crippen LogP contribution in [0.2, 0.25) is 0 Å². The molecule has 2 unspecified atom stereocenters. The lowest BCUT2D eigenvalue weighted by Gasteiger charge is -2.14. The van der Waals surface area contributed by atoms with E-state index < -0.39 is 0 Å². The van der Waals surface area contributed by atoms with Gasteiger partial charge in [-0.2, -0.15) is 0 Å². The fraction of sp³-hybridized carbons (Fsp3) is 0.400. The quantitative estimate of drug-likeness (QED) is 0.854. The Labute approximate surface area is 117 Å². The van der Waals surface area contributed by atoms with Gasteiger partial charge in [0, 0.05) is 19.9 Å². The molecule has 1 heterocycles. The molecule has 1 fully saturated rings. The predicted molar refractivity (Wildman–Crippen MR) is 72.8 cm³/mol. The monoisotopic (exact) mass is 271 g/mol. The summed E-state index contributed by atoms with van der Waals surface area (Å²) in [6.07, 6.45) is 0.927. The summed E-state index contributed by atoms with van der Waals surface area (Å²) in [5, 5.41) is 7.68. The molecule has 1 aromatic heterocycles. The van der Waals surface area contributed by atoms with Crippen LogP contribution in [0.4, 0.5) is 0 Å². The van der Waals surface area contributed by atoms with Gasteiger partial charge >= 0.3 is 0 Å². The normalized spacial score (nSPS) is 20.7. The molecule has 0 N–H and O–H groups in total. The molecule has 104 valence electrons. The first kappa shape index (κ1) is 12.8. The molecular formula is C15H17N3O2. The summed E-state index contributed by atoms with van der Waals surface area (Å²) in [6, 6.07) is 10.2. The fourth-order valence-electron chi connectivity index (χ4n) is 2.50. The van der Waals surface area contributed by atoms with Gasteiger partial charge in [-0.1, -0.05) is 30.3 Å². The molecule has 3 rings (SSSR count). The van der Waals surface area contributed by atoms with E-state index in [4.69, 9.17) is 4.42 Å². The Balaban J connectivity index is 1.60. The van der Waals surface area contributed by atoms with Crippen molar-refractivity contribution < 1.29 is 9.21 Å². The van der Waals surface area contributed by atoms with Crippen molar-refractivity contribution in [1.29, 1.82) is 0 Å². The average molecular weight is 271 g/mol. The summed E-state index contributed by atoms with van der Waals surface area (Å²) >= 11 is 0. The van der Waals surface area contributed by atoms with Crippen molar-refractivity contribution in [3.05, 3.63) is 47.7 Å². The second-order valence-corrected chi connectivity index (χ2v) is 5.27. The van der Waals surface area contributed by atoms with E-state index in [1.165, 1.54) is 5.56 Å². The van der Waals surface area contributed by atoms with Crippen LogP contribution in [-0.2, 0) is 11.3 Å². The average Bonchev–Trinajstić information content (AvgIpc) is 3.16. The van der Waals surface area contributed by atoms with E-state index in [1.54, 1.807) is 18.9 Å². The standard InChI is InChI=1S/C15H17N3O2/c1-10-16-17-14(20-10)9-18(2)15(19)13-8-12(13)11-6-4-3-5-7-11/h3-7,12-13H,8-9H2,1-2H3. The van der Waals surface area contributed by atoms with Gasteiger partial charge < -0.3 is 9.32 Å². The molecule has 1 saturated carbocycles. The van der Waals surface area contributed by atoms with Crippen molar-refractivity contribution in [2.45, 2.75) is 25.8 Å². The molecule has 1 aliphatic carbocycles. The Hall–Kier alpha value is -2.17. The SMILES string of the molecule is Cc1nnc(CN(C)C(=O)C2CC2c2ccccc2)o1. The van der Waals surface area contributed by atoms with Crippen LogP contribution in [0.3, 0.4) is 0 Å². The van der Waals surface area contributed by atoms with E-state index in [2.05, 4.69) is 22.3 Å². The van der Waals surface area contributed by atoms with Crippen molar-refractivity contribution in [2.24, 2.45) is 5.92 Å². The third-order valence-corrected chi connectivity index (χ3v) is 3.65. The van der Waals surface area contributed by atoms with Gasteiger partial charge in [-0.05, 0) is 17.9 Å². The highest BCUT2D eigenvalue weighted by molar-refractivity contribution is 5.82. The van der Waals surface area contributed by atoms with Crippen LogP contribution >= 0.6 is 0 Å². The Kier molecular flexibility index (Phi) is 3.26. The lowest BCUT2D eigenvalue weighted by molar-refractivity contribution is -0.132. The first-order valence-corrected chi connectivity index (χ1v) is 6.74. The Morgan fingerprint density at radius 3 is 2.75 bits per heavy atom. The van der Waals surface area contributed by atoms with Crippen molar-refractivity contribution in [3.8, 4) is 0 Å². The molecule has 0 bridgehead atoms.